The first-order valence-corrected chi connectivity index (χ1v) is 7.64. The van der Waals surface area contributed by atoms with Gasteiger partial charge in [0, 0.05) is 12.6 Å². The van der Waals surface area contributed by atoms with Gasteiger partial charge >= 0.3 is 0 Å². The van der Waals surface area contributed by atoms with Crippen LogP contribution in [0.15, 0.2) is 23.2 Å². The van der Waals surface area contributed by atoms with Crippen molar-refractivity contribution in [1.82, 2.24) is 9.97 Å². The maximum atomic E-state index is 5.22. The Balaban J connectivity index is 2.37. The van der Waals surface area contributed by atoms with Crippen LogP contribution in [0.4, 0.5) is 5.82 Å². The quantitative estimate of drug-likeness (QED) is 0.646. The van der Waals surface area contributed by atoms with Crippen LogP contribution >= 0.6 is 11.8 Å². The van der Waals surface area contributed by atoms with Crippen molar-refractivity contribution in [3.8, 4) is 5.75 Å². The Labute approximate surface area is 118 Å². The number of thioether (sulfide) groups is 1. The molecule has 0 saturated heterocycles. The van der Waals surface area contributed by atoms with Crippen molar-refractivity contribution in [2.24, 2.45) is 0 Å². The van der Waals surface area contributed by atoms with E-state index in [4.69, 9.17) is 4.74 Å². The number of ether oxygens (including phenoxy) is 1. The van der Waals surface area contributed by atoms with Gasteiger partial charge in [0.2, 0.25) is 0 Å². The molecule has 0 fully saturated rings. The number of hydrogen-bond donors (Lipinski definition) is 1. The van der Waals surface area contributed by atoms with Gasteiger partial charge in [-0.05, 0) is 24.8 Å². The van der Waals surface area contributed by atoms with Gasteiger partial charge in [-0.1, -0.05) is 13.3 Å². The highest BCUT2D eigenvalue weighted by Crippen LogP contribution is 2.26. The average Bonchev–Trinajstić information content (AvgIpc) is 2.46. The molecule has 0 bridgehead atoms. The Morgan fingerprint density at radius 3 is 2.79 bits per heavy atom. The van der Waals surface area contributed by atoms with Gasteiger partial charge in [-0.25, -0.2) is 9.97 Å². The first-order valence-electron chi connectivity index (χ1n) is 6.42. The molecule has 2 aromatic rings. The van der Waals surface area contributed by atoms with Crippen molar-refractivity contribution >= 4 is 28.6 Å². The molecule has 2 rings (SSSR count). The number of fused-ring (bicyclic) bond motifs is 1. The summed E-state index contributed by atoms with van der Waals surface area (Å²) < 4.78 is 5.22. The molecule has 0 atom stereocenters. The molecular formula is C14H19N3OS. The Bertz CT molecular complexity index is 560. The number of hydrogen-bond acceptors (Lipinski definition) is 5. The smallest absolute Gasteiger partial charge is 0.159 e. The normalized spacial score (nSPS) is 10.7. The van der Waals surface area contributed by atoms with Gasteiger partial charge in [-0.15, -0.1) is 11.8 Å². The number of methoxy groups -OCH3 is 1. The molecule has 102 valence electrons. The van der Waals surface area contributed by atoms with Crippen LogP contribution in [0.2, 0.25) is 0 Å². The van der Waals surface area contributed by atoms with Crippen molar-refractivity contribution in [2.75, 3.05) is 25.2 Å². The first kappa shape index (κ1) is 13.9. The van der Waals surface area contributed by atoms with E-state index >= 15 is 0 Å². The standard InChI is InChI=1S/C14H19N3OS/c1-4-5-8-15-13-14(19-3)17-11-7-6-10(18-2)9-12(11)16-13/h6-7,9H,4-5,8H2,1-3H3,(H,15,16). The minimum Gasteiger partial charge on any atom is -0.497 e. The van der Waals surface area contributed by atoms with Gasteiger partial charge in [0.15, 0.2) is 5.82 Å². The Morgan fingerprint density at radius 2 is 2.11 bits per heavy atom. The summed E-state index contributed by atoms with van der Waals surface area (Å²) in [5.74, 6) is 1.67. The van der Waals surface area contributed by atoms with E-state index in [-0.39, 0.29) is 0 Å². The second kappa shape index (κ2) is 6.61. The second-order valence-electron chi connectivity index (χ2n) is 4.22. The molecule has 0 aliphatic heterocycles. The lowest BCUT2D eigenvalue weighted by atomic mass is 10.3. The zero-order valence-electron chi connectivity index (χ0n) is 11.6. The summed E-state index contributed by atoms with van der Waals surface area (Å²) >= 11 is 1.61. The van der Waals surface area contributed by atoms with E-state index in [0.717, 1.165) is 47.0 Å². The summed E-state index contributed by atoms with van der Waals surface area (Å²) in [4.78, 5) is 9.28. The highest BCUT2D eigenvalue weighted by molar-refractivity contribution is 7.98. The summed E-state index contributed by atoms with van der Waals surface area (Å²) in [5, 5.41) is 4.30. The number of unbranched alkanes of at least 4 members (excludes halogenated alkanes) is 1. The summed E-state index contributed by atoms with van der Waals surface area (Å²) in [6.07, 6.45) is 4.31. The third kappa shape index (κ3) is 3.29. The molecule has 19 heavy (non-hydrogen) atoms. The van der Waals surface area contributed by atoms with Gasteiger partial charge in [-0.2, -0.15) is 0 Å². The summed E-state index contributed by atoms with van der Waals surface area (Å²) in [7, 11) is 1.66. The monoisotopic (exact) mass is 277 g/mol. The van der Waals surface area contributed by atoms with Crippen LogP contribution in [0, 0.1) is 0 Å². The van der Waals surface area contributed by atoms with E-state index < -0.39 is 0 Å². The van der Waals surface area contributed by atoms with Crippen molar-refractivity contribution in [2.45, 2.75) is 24.8 Å². The van der Waals surface area contributed by atoms with E-state index in [1.54, 1.807) is 18.9 Å². The van der Waals surface area contributed by atoms with Gasteiger partial charge in [0.1, 0.15) is 10.8 Å². The van der Waals surface area contributed by atoms with Crippen molar-refractivity contribution in [3.05, 3.63) is 18.2 Å². The third-order valence-corrected chi connectivity index (χ3v) is 3.53. The highest BCUT2D eigenvalue weighted by Gasteiger charge is 2.08. The van der Waals surface area contributed by atoms with E-state index in [0.29, 0.717) is 0 Å². The van der Waals surface area contributed by atoms with Crippen LogP contribution in [0.1, 0.15) is 19.8 Å². The van der Waals surface area contributed by atoms with Gasteiger partial charge in [0.25, 0.3) is 0 Å². The van der Waals surface area contributed by atoms with Crippen LogP contribution in [0.25, 0.3) is 11.0 Å². The lowest BCUT2D eigenvalue weighted by Gasteiger charge is -2.10. The summed E-state index contributed by atoms with van der Waals surface area (Å²) in [6, 6.07) is 5.76. The lowest BCUT2D eigenvalue weighted by Crippen LogP contribution is -2.05. The maximum Gasteiger partial charge on any atom is 0.159 e. The Morgan fingerprint density at radius 1 is 1.26 bits per heavy atom. The second-order valence-corrected chi connectivity index (χ2v) is 5.01. The first-order chi connectivity index (χ1) is 9.28. The largest absolute Gasteiger partial charge is 0.497 e. The minimum atomic E-state index is 0.804. The molecule has 0 spiro atoms. The average molecular weight is 277 g/mol. The molecule has 0 saturated carbocycles. The van der Waals surface area contributed by atoms with Gasteiger partial charge in [0.05, 0.1) is 18.1 Å². The van der Waals surface area contributed by atoms with E-state index in [9.17, 15) is 0 Å². The maximum absolute atomic E-state index is 5.22. The molecule has 4 nitrogen and oxygen atoms in total. The molecule has 1 aromatic carbocycles. The van der Waals surface area contributed by atoms with Crippen LogP contribution in [0.5, 0.6) is 5.75 Å². The SMILES string of the molecule is CCCCNc1nc2cc(OC)ccc2nc1SC. The van der Waals surface area contributed by atoms with Gasteiger partial charge in [-0.3, -0.25) is 0 Å². The molecule has 0 aliphatic carbocycles. The number of aromatic nitrogens is 2. The fraction of sp³-hybridized carbons (Fsp3) is 0.429. The minimum absolute atomic E-state index is 0.804. The van der Waals surface area contributed by atoms with Crippen LogP contribution in [0.3, 0.4) is 0 Å². The van der Waals surface area contributed by atoms with Crippen molar-refractivity contribution in [3.63, 3.8) is 0 Å². The zero-order valence-corrected chi connectivity index (χ0v) is 12.4. The predicted molar refractivity (Wildman–Crippen MR) is 81.3 cm³/mol. The van der Waals surface area contributed by atoms with Crippen molar-refractivity contribution in [1.29, 1.82) is 0 Å². The zero-order chi connectivity index (χ0) is 13.7. The highest BCUT2D eigenvalue weighted by atomic mass is 32.2. The molecule has 0 radical (unpaired) electrons. The number of anilines is 1. The van der Waals surface area contributed by atoms with E-state index in [1.165, 1.54) is 0 Å². The predicted octanol–water partition coefficient (Wildman–Crippen LogP) is 3.57. The molecule has 1 heterocycles. The number of benzene rings is 1. The molecular weight excluding hydrogens is 258 g/mol. The number of rotatable bonds is 6. The summed E-state index contributed by atoms with van der Waals surface area (Å²) in [6.45, 7) is 3.10. The fourth-order valence-electron chi connectivity index (χ4n) is 1.79. The fourth-order valence-corrected chi connectivity index (χ4v) is 2.29. The molecule has 1 aromatic heterocycles. The molecule has 0 unspecified atom stereocenters. The lowest BCUT2D eigenvalue weighted by molar-refractivity contribution is 0.415. The van der Waals surface area contributed by atoms with Gasteiger partial charge < -0.3 is 10.1 Å². The molecule has 0 amide bonds. The van der Waals surface area contributed by atoms with Crippen LogP contribution in [-0.2, 0) is 0 Å². The Kier molecular flexibility index (Phi) is 4.85. The topological polar surface area (TPSA) is 47.0 Å². The van der Waals surface area contributed by atoms with Crippen LogP contribution in [-0.4, -0.2) is 29.9 Å². The third-order valence-electron chi connectivity index (χ3n) is 2.86. The molecule has 5 heteroatoms. The van der Waals surface area contributed by atoms with E-state index in [2.05, 4.69) is 22.2 Å². The molecule has 1 N–H and O–H groups in total. The van der Waals surface area contributed by atoms with E-state index in [1.807, 2.05) is 24.5 Å². The number of nitrogens with one attached hydrogen (secondary N) is 1. The Hall–Kier alpha value is -1.49. The number of nitrogens with zero attached hydrogens (tertiary/aromatic N) is 2. The van der Waals surface area contributed by atoms with Crippen LogP contribution < -0.4 is 10.1 Å². The summed E-state index contributed by atoms with van der Waals surface area (Å²) in [5.41, 5.74) is 1.75. The molecule has 0 aliphatic rings. The van der Waals surface area contributed by atoms with Crippen molar-refractivity contribution < 1.29 is 4.74 Å².